The quantitative estimate of drug-likeness (QED) is 0.534. The zero-order valence-corrected chi connectivity index (χ0v) is 8.42. The zero-order valence-electron chi connectivity index (χ0n) is 6.79. The lowest BCUT2D eigenvalue weighted by Crippen LogP contribution is -1.97. The molecule has 11 heavy (non-hydrogen) atoms. The Balaban J connectivity index is 1.86. The number of rotatable bonds is 5. The summed E-state index contributed by atoms with van der Waals surface area (Å²) in [7, 11) is 4.07. The first-order valence-electron chi connectivity index (χ1n) is 4.32. The predicted octanol–water partition coefficient (Wildman–Crippen LogP) is 2.69. The molecule has 0 aliphatic carbocycles. The van der Waals surface area contributed by atoms with Crippen molar-refractivity contribution in [3.05, 3.63) is 0 Å². The molecular formula is C8H16OS2. The van der Waals surface area contributed by atoms with Crippen LogP contribution in [0.3, 0.4) is 0 Å². The van der Waals surface area contributed by atoms with Gasteiger partial charge < -0.3 is 5.11 Å². The van der Waals surface area contributed by atoms with Gasteiger partial charge in [-0.15, -0.1) is 0 Å². The second-order valence-corrected chi connectivity index (χ2v) is 5.69. The average molecular weight is 192 g/mol. The second-order valence-electron chi connectivity index (χ2n) is 2.90. The SMILES string of the molecule is OCCCCC[C@@H]1CCSS1. The van der Waals surface area contributed by atoms with Crippen LogP contribution in [-0.2, 0) is 0 Å². The topological polar surface area (TPSA) is 20.2 Å². The molecule has 0 saturated carbocycles. The van der Waals surface area contributed by atoms with E-state index < -0.39 is 0 Å². The molecule has 1 aliphatic rings. The van der Waals surface area contributed by atoms with Gasteiger partial charge in [0.1, 0.15) is 0 Å². The molecule has 1 rings (SSSR count). The molecule has 0 radical (unpaired) electrons. The summed E-state index contributed by atoms with van der Waals surface area (Å²) < 4.78 is 0. The molecule has 0 bridgehead atoms. The van der Waals surface area contributed by atoms with Crippen molar-refractivity contribution in [1.29, 1.82) is 0 Å². The number of hydrogen-bond donors (Lipinski definition) is 1. The van der Waals surface area contributed by atoms with Crippen LogP contribution in [0, 0.1) is 0 Å². The maximum atomic E-state index is 8.55. The summed E-state index contributed by atoms with van der Waals surface area (Å²) in [5, 5.41) is 9.46. The van der Waals surface area contributed by atoms with Crippen LogP contribution >= 0.6 is 21.6 Å². The standard InChI is InChI=1S/C8H16OS2/c9-6-3-1-2-4-8-5-7-10-11-8/h8-9H,1-7H2/t8-/m1/s1. The van der Waals surface area contributed by atoms with Gasteiger partial charge in [0.25, 0.3) is 0 Å². The van der Waals surface area contributed by atoms with Crippen LogP contribution in [0.2, 0.25) is 0 Å². The number of hydrogen-bond acceptors (Lipinski definition) is 3. The van der Waals surface area contributed by atoms with Crippen LogP contribution in [0.25, 0.3) is 0 Å². The van der Waals surface area contributed by atoms with E-state index in [0.717, 1.165) is 11.7 Å². The molecule has 1 N–H and O–H groups in total. The Labute approximate surface area is 76.7 Å². The van der Waals surface area contributed by atoms with Crippen molar-refractivity contribution in [2.45, 2.75) is 37.4 Å². The molecular weight excluding hydrogens is 176 g/mol. The molecule has 0 aromatic heterocycles. The monoisotopic (exact) mass is 192 g/mol. The van der Waals surface area contributed by atoms with Crippen molar-refractivity contribution < 1.29 is 5.11 Å². The molecule has 1 aliphatic heterocycles. The predicted molar refractivity (Wildman–Crippen MR) is 54.0 cm³/mol. The van der Waals surface area contributed by atoms with Crippen LogP contribution in [0.4, 0.5) is 0 Å². The third kappa shape index (κ3) is 4.28. The average Bonchev–Trinajstić information content (AvgIpc) is 2.50. The van der Waals surface area contributed by atoms with Gasteiger partial charge in [0, 0.05) is 17.6 Å². The van der Waals surface area contributed by atoms with Gasteiger partial charge in [-0.25, -0.2) is 0 Å². The Morgan fingerprint density at radius 1 is 1.27 bits per heavy atom. The highest BCUT2D eigenvalue weighted by molar-refractivity contribution is 8.77. The van der Waals surface area contributed by atoms with E-state index in [2.05, 4.69) is 10.8 Å². The Kier molecular flexibility index (Phi) is 5.50. The van der Waals surface area contributed by atoms with Gasteiger partial charge in [-0.1, -0.05) is 34.4 Å². The van der Waals surface area contributed by atoms with E-state index in [-0.39, 0.29) is 0 Å². The van der Waals surface area contributed by atoms with E-state index in [1.54, 1.807) is 0 Å². The fraction of sp³-hybridized carbons (Fsp3) is 1.00. The molecule has 0 spiro atoms. The third-order valence-corrected chi connectivity index (χ3v) is 4.92. The maximum absolute atomic E-state index is 8.55. The van der Waals surface area contributed by atoms with Crippen LogP contribution in [0.5, 0.6) is 0 Å². The number of aliphatic hydroxyl groups excluding tert-OH is 1. The fourth-order valence-corrected chi connectivity index (χ4v) is 4.25. The summed E-state index contributed by atoms with van der Waals surface area (Å²) >= 11 is 0. The first-order chi connectivity index (χ1) is 5.43. The van der Waals surface area contributed by atoms with Crippen molar-refractivity contribution in [3.63, 3.8) is 0 Å². The highest BCUT2D eigenvalue weighted by atomic mass is 33.1. The van der Waals surface area contributed by atoms with E-state index in [1.807, 2.05) is 10.8 Å². The highest BCUT2D eigenvalue weighted by Gasteiger charge is 2.15. The Bertz CT molecular complexity index is 92.1. The minimum Gasteiger partial charge on any atom is -0.396 e. The summed E-state index contributed by atoms with van der Waals surface area (Å²) in [4.78, 5) is 0. The maximum Gasteiger partial charge on any atom is 0.0431 e. The van der Waals surface area contributed by atoms with E-state index in [4.69, 9.17) is 5.11 Å². The molecule has 0 unspecified atom stereocenters. The second kappa shape index (κ2) is 6.21. The largest absolute Gasteiger partial charge is 0.396 e. The molecule has 1 nitrogen and oxygen atoms in total. The summed E-state index contributed by atoms with van der Waals surface area (Å²) in [6.07, 6.45) is 6.26. The summed E-state index contributed by atoms with van der Waals surface area (Å²) in [5.74, 6) is 1.34. The van der Waals surface area contributed by atoms with E-state index in [9.17, 15) is 0 Å². The molecule has 0 aromatic carbocycles. The van der Waals surface area contributed by atoms with Gasteiger partial charge in [0.05, 0.1) is 0 Å². The lowest BCUT2D eigenvalue weighted by Gasteiger charge is -2.05. The van der Waals surface area contributed by atoms with Gasteiger partial charge in [-0.3, -0.25) is 0 Å². The van der Waals surface area contributed by atoms with Gasteiger partial charge in [0.2, 0.25) is 0 Å². The lowest BCUT2D eigenvalue weighted by molar-refractivity contribution is 0.282. The molecule has 1 atom stereocenters. The van der Waals surface area contributed by atoms with Crippen molar-refractivity contribution in [3.8, 4) is 0 Å². The first-order valence-corrected chi connectivity index (χ1v) is 6.71. The Morgan fingerprint density at radius 2 is 2.18 bits per heavy atom. The Hall–Kier alpha value is 0.660. The smallest absolute Gasteiger partial charge is 0.0431 e. The fourth-order valence-electron chi connectivity index (χ4n) is 1.23. The van der Waals surface area contributed by atoms with Crippen LogP contribution in [0.15, 0.2) is 0 Å². The van der Waals surface area contributed by atoms with E-state index in [0.29, 0.717) is 6.61 Å². The molecule has 3 heteroatoms. The van der Waals surface area contributed by atoms with Gasteiger partial charge in [-0.2, -0.15) is 0 Å². The molecule has 1 heterocycles. The third-order valence-electron chi connectivity index (χ3n) is 1.91. The summed E-state index contributed by atoms with van der Waals surface area (Å²) in [5.41, 5.74) is 0. The number of aliphatic hydroxyl groups is 1. The highest BCUT2D eigenvalue weighted by Crippen LogP contribution is 2.39. The van der Waals surface area contributed by atoms with Gasteiger partial charge in [0.15, 0.2) is 0 Å². The van der Waals surface area contributed by atoms with Gasteiger partial charge in [-0.05, 0) is 19.3 Å². The molecule has 1 fully saturated rings. The lowest BCUT2D eigenvalue weighted by atomic mass is 10.1. The summed E-state index contributed by atoms with van der Waals surface area (Å²) in [6, 6.07) is 0. The van der Waals surface area contributed by atoms with E-state index in [1.165, 1.54) is 31.4 Å². The minimum absolute atomic E-state index is 0.368. The summed E-state index contributed by atoms with van der Waals surface area (Å²) in [6.45, 7) is 0.368. The first kappa shape index (κ1) is 9.75. The van der Waals surface area contributed by atoms with Crippen LogP contribution in [-0.4, -0.2) is 22.7 Å². The zero-order chi connectivity index (χ0) is 7.94. The molecule has 0 amide bonds. The van der Waals surface area contributed by atoms with Crippen LogP contribution in [0.1, 0.15) is 32.1 Å². The molecule has 0 aromatic rings. The van der Waals surface area contributed by atoms with Crippen molar-refractivity contribution >= 4 is 21.6 Å². The van der Waals surface area contributed by atoms with Crippen molar-refractivity contribution in [1.82, 2.24) is 0 Å². The van der Waals surface area contributed by atoms with Gasteiger partial charge >= 0.3 is 0 Å². The van der Waals surface area contributed by atoms with Crippen molar-refractivity contribution in [2.75, 3.05) is 12.4 Å². The van der Waals surface area contributed by atoms with Crippen LogP contribution < -0.4 is 0 Å². The normalized spacial score (nSPS) is 24.3. The van der Waals surface area contributed by atoms with Crippen molar-refractivity contribution in [2.24, 2.45) is 0 Å². The van der Waals surface area contributed by atoms with E-state index >= 15 is 0 Å². The molecule has 1 saturated heterocycles. The molecule has 66 valence electrons. The minimum atomic E-state index is 0.368. The number of unbranched alkanes of at least 4 members (excludes halogenated alkanes) is 2. The Morgan fingerprint density at radius 3 is 2.82 bits per heavy atom.